The molecule has 0 atom stereocenters. The van der Waals surface area contributed by atoms with Crippen molar-refractivity contribution in [2.75, 3.05) is 27.2 Å². The zero-order valence-corrected chi connectivity index (χ0v) is 12.6. The van der Waals surface area contributed by atoms with Gasteiger partial charge in [-0.3, -0.25) is 0 Å². The Morgan fingerprint density at radius 2 is 1.83 bits per heavy atom. The highest BCUT2D eigenvalue weighted by molar-refractivity contribution is 7.87. The van der Waals surface area contributed by atoms with E-state index in [1.807, 2.05) is 14.0 Å². The predicted molar refractivity (Wildman–Crippen MR) is 74.7 cm³/mol. The fraction of sp³-hybridized carbons (Fsp3) is 1.00. The van der Waals surface area contributed by atoms with E-state index in [1.54, 1.807) is 7.05 Å². The van der Waals surface area contributed by atoms with Crippen molar-refractivity contribution >= 4 is 10.2 Å². The zero-order valence-electron chi connectivity index (χ0n) is 11.8. The van der Waals surface area contributed by atoms with Crippen LogP contribution in [0.2, 0.25) is 0 Å². The van der Waals surface area contributed by atoms with E-state index in [1.165, 1.54) is 10.7 Å². The molecular weight excluding hydrogens is 250 g/mol. The lowest BCUT2D eigenvalue weighted by atomic mass is 9.84. The molecule has 0 unspecified atom stereocenters. The molecule has 0 aromatic heterocycles. The van der Waals surface area contributed by atoms with Crippen molar-refractivity contribution in [3.05, 3.63) is 0 Å². The normalized spacial score (nSPS) is 20.2. The molecule has 2 N–H and O–H groups in total. The Bertz CT molecular complexity index is 337. The van der Waals surface area contributed by atoms with E-state index in [9.17, 15) is 8.42 Å². The van der Waals surface area contributed by atoms with E-state index in [0.717, 1.165) is 38.6 Å². The first-order valence-electron chi connectivity index (χ1n) is 6.79. The minimum atomic E-state index is -3.34. The molecular formula is C12H27N3O2S. The highest BCUT2D eigenvalue weighted by Crippen LogP contribution is 2.28. The van der Waals surface area contributed by atoms with E-state index in [4.69, 9.17) is 0 Å². The lowest BCUT2D eigenvalue weighted by Gasteiger charge is -2.35. The standard InChI is InChI=1S/C12H27N3O2S/c1-12(8-5-4-6-9-12)14-18(16,17)15(3)11-7-10-13-2/h13-14H,4-11H2,1-3H3. The number of nitrogens with zero attached hydrogens (tertiary/aromatic N) is 1. The number of hydrogen-bond donors (Lipinski definition) is 2. The summed E-state index contributed by atoms with van der Waals surface area (Å²) in [5, 5.41) is 3.02. The van der Waals surface area contributed by atoms with Gasteiger partial charge in [0.1, 0.15) is 0 Å². The molecule has 0 bridgehead atoms. The molecule has 0 radical (unpaired) electrons. The zero-order chi connectivity index (χ0) is 13.6. The van der Waals surface area contributed by atoms with Crippen molar-refractivity contribution in [2.45, 2.75) is 51.0 Å². The molecule has 1 aliphatic rings. The summed E-state index contributed by atoms with van der Waals surface area (Å²) in [6.45, 7) is 3.40. The Labute approximate surface area is 112 Å². The van der Waals surface area contributed by atoms with E-state index >= 15 is 0 Å². The van der Waals surface area contributed by atoms with Gasteiger partial charge in [-0.15, -0.1) is 0 Å². The van der Waals surface area contributed by atoms with Crippen LogP contribution in [0.4, 0.5) is 0 Å². The Morgan fingerprint density at radius 3 is 2.39 bits per heavy atom. The molecule has 1 saturated carbocycles. The summed E-state index contributed by atoms with van der Waals surface area (Å²) in [6.07, 6.45) is 6.15. The van der Waals surface area contributed by atoms with Crippen LogP contribution in [0, 0.1) is 0 Å². The molecule has 0 aliphatic heterocycles. The van der Waals surface area contributed by atoms with E-state index in [2.05, 4.69) is 10.0 Å². The highest BCUT2D eigenvalue weighted by atomic mass is 32.2. The third-order valence-corrected chi connectivity index (χ3v) is 5.40. The fourth-order valence-corrected chi connectivity index (χ4v) is 3.77. The first-order valence-corrected chi connectivity index (χ1v) is 8.23. The Kier molecular flexibility index (Phi) is 6.04. The van der Waals surface area contributed by atoms with Gasteiger partial charge in [-0.2, -0.15) is 17.4 Å². The van der Waals surface area contributed by atoms with Crippen LogP contribution in [0.15, 0.2) is 0 Å². The summed E-state index contributed by atoms with van der Waals surface area (Å²) >= 11 is 0. The first-order chi connectivity index (χ1) is 8.40. The second kappa shape index (κ2) is 6.84. The topological polar surface area (TPSA) is 61.4 Å². The van der Waals surface area contributed by atoms with Crippen LogP contribution < -0.4 is 10.0 Å². The van der Waals surface area contributed by atoms with Crippen molar-refractivity contribution in [3.63, 3.8) is 0 Å². The molecule has 0 aromatic rings. The summed E-state index contributed by atoms with van der Waals surface area (Å²) in [5.41, 5.74) is -0.256. The lowest BCUT2D eigenvalue weighted by molar-refractivity contribution is 0.286. The predicted octanol–water partition coefficient (Wildman–Crippen LogP) is 1.08. The van der Waals surface area contributed by atoms with Gasteiger partial charge < -0.3 is 5.32 Å². The maximum Gasteiger partial charge on any atom is 0.279 e. The van der Waals surface area contributed by atoms with Crippen LogP contribution in [0.25, 0.3) is 0 Å². The van der Waals surface area contributed by atoms with Crippen LogP contribution in [-0.2, 0) is 10.2 Å². The van der Waals surface area contributed by atoms with Gasteiger partial charge >= 0.3 is 0 Å². The monoisotopic (exact) mass is 277 g/mol. The molecule has 1 fully saturated rings. The van der Waals surface area contributed by atoms with Crippen molar-refractivity contribution in [3.8, 4) is 0 Å². The minimum Gasteiger partial charge on any atom is -0.320 e. The summed E-state index contributed by atoms with van der Waals surface area (Å²) in [7, 11) is 0.171. The number of hydrogen-bond acceptors (Lipinski definition) is 3. The fourth-order valence-electron chi connectivity index (χ4n) is 2.42. The van der Waals surface area contributed by atoms with Gasteiger partial charge in [0.2, 0.25) is 0 Å². The van der Waals surface area contributed by atoms with Gasteiger partial charge in [0.05, 0.1) is 0 Å². The van der Waals surface area contributed by atoms with E-state index < -0.39 is 10.2 Å². The molecule has 1 rings (SSSR count). The molecule has 0 heterocycles. The number of nitrogens with one attached hydrogen (secondary N) is 2. The average molecular weight is 277 g/mol. The minimum absolute atomic E-state index is 0.256. The van der Waals surface area contributed by atoms with E-state index in [0.29, 0.717) is 6.54 Å². The Hall–Kier alpha value is -0.170. The first kappa shape index (κ1) is 15.9. The van der Waals surface area contributed by atoms with Gasteiger partial charge in [-0.05, 0) is 39.8 Å². The van der Waals surface area contributed by atoms with Crippen molar-refractivity contribution in [1.82, 2.24) is 14.3 Å². The van der Waals surface area contributed by atoms with Gasteiger partial charge in [0.15, 0.2) is 0 Å². The molecule has 0 spiro atoms. The SMILES string of the molecule is CNCCCN(C)S(=O)(=O)NC1(C)CCCCC1. The van der Waals surface area contributed by atoms with Crippen molar-refractivity contribution < 1.29 is 8.42 Å². The van der Waals surface area contributed by atoms with Crippen molar-refractivity contribution in [2.24, 2.45) is 0 Å². The third-order valence-electron chi connectivity index (χ3n) is 3.64. The summed E-state index contributed by atoms with van der Waals surface area (Å²) < 4.78 is 28.7. The van der Waals surface area contributed by atoms with Gasteiger partial charge in [-0.1, -0.05) is 19.3 Å². The molecule has 0 saturated heterocycles. The Morgan fingerprint density at radius 1 is 1.22 bits per heavy atom. The second-order valence-electron chi connectivity index (χ2n) is 5.51. The smallest absolute Gasteiger partial charge is 0.279 e. The third kappa shape index (κ3) is 4.84. The van der Waals surface area contributed by atoms with Crippen LogP contribution in [0.5, 0.6) is 0 Å². The molecule has 0 amide bonds. The average Bonchev–Trinajstić information content (AvgIpc) is 2.28. The Balaban J connectivity index is 2.51. The maximum atomic E-state index is 12.2. The lowest BCUT2D eigenvalue weighted by Crippen LogP contribution is -2.52. The molecule has 6 heteroatoms. The second-order valence-corrected chi connectivity index (χ2v) is 7.28. The highest BCUT2D eigenvalue weighted by Gasteiger charge is 2.32. The van der Waals surface area contributed by atoms with E-state index in [-0.39, 0.29) is 5.54 Å². The van der Waals surface area contributed by atoms with Crippen LogP contribution in [-0.4, -0.2) is 45.4 Å². The summed E-state index contributed by atoms with van der Waals surface area (Å²) in [6, 6.07) is 0. The van der Waals surface area contributed by atoms with Crippen LogP contribution in [0.1, 0.15) is 45.4 Å². The quantitative estimate of drug-likeness (QED) is 0.685. The summed E-state index contributed by atoms with van der Waals surface area (Å²) in [4.78, 5) is 0. The molecule has 18 heavy (non-hydrogen) atoms. The molecule has 5 nitrogen and oxygen atoms in total. The molecule has 0 aromatic carbocycles. The molecule has 108 valence electrons. The molecule has 1 aliphatic carbocycles. The van der Waals surface area contributed by atoms with Crippen LogP contribution >= 0.6 is 0 Å². The van der Waals surface area contributed by atoms with Gasteiger partial charge in [-0.25, -0.2) is 0 Å². The van der Waals surface area contributed by atoms with Gasteiger partial charge in [0, 0.05) is 19.1 Å². The maximum absolute atomic E-state index is 12.2. The largest absolute Gasteiger partial charge is 0.320 e. The van der Waals surface area contributed by atoms with Crippen LogP contribution in [0.3, 0.4) is 0 Å². The summed E-state index contributed by atoms with van der Waals surface area (Å²) in [5.74, 6) is 0. The van der Waals surface area contributed by atoms with Crippen molar-refractivity contribution in [1.29, 1.82) is 0 Å². The van der Waals surface area contributed by atoms with Gasteiger partial charge in [0.25, 0.3) is 10.2 Å². The number of rotatable bonds is 7.